The Labute approximate surface area is 93.9 Å². The summed E-state index contributed by atoms with van der Waals surface area (Å²) in [4.78, 5) is 35.0. The van der Waals surface area contributed by atoms with E-state index >= 15 is 0 Å². The number of hydrogen-bond donors (Lipinski definition) is 2. The Bertz CT molecular complexity index is 644. The van der Waals surface area contributed by atoms with Gasteiger partial charge in [0.05, 0.1) is 16.6 Å². The molecule has 0 bridgehead atoms. The van der Waals surface area contributed by atoms with Crippen LogP contribution in [0.5, 0.6) is 0 Å². The largest absolute Gasteiger partial charge is 0.478 e. The predicted octanol–water partition coefficient (Wildman–Crippen LogP) is 1.39. The lowest BCUT2D eigenvalue weighted by atomic mass is 10.1. The first kappa shape index (κ1) is 11.0. The van der Waals surface area contributed by atoms with Crippen LogP contribution in [0.4, 0.5) is 4.39 Å². The van der Waals surface area contributed by atoms with Gasteiger partial charge in [-0.3, -0.25) is 9.59 Å². The molecule has 5 nitrogen and oxygen atoms in total. The molecular formula is C11H6FNO4. The average Bonchev–Trinajstić information content (AvgIpc) is 2.73. The Kier molecular flexibility index (Phi) is 2.47. The van der Waals surface area contributed by atoms with E-state index in [9.17, 15) is 18.8 Å². The van der Waals surface area contributed by atoms with Crippen molar-refractivity contribution in [2.24, 2.45) is 0 Å². The van der Waals surface area contributed by atoms with Crippen LogP contribution in [-0.4, -0.2) is 28.1 Å². The highest BCUT2D eigenvalue weighted by Gasteiger charge is 2.19. The summed E-state index contributed by atoms with van der Waals surface area (Å²) in [6, 6.07) is 2.03. The number of aromatic carboxylic acids is 1. The number of ketones is 1. The van der Waals surface area contributed by atoms with Gasteiger partial charge >= 0.3 is 5.97 Å². The van der Waals surface area contributed by atoms with E-state index in [-0.39, 0.29) is 28.3 Å². The van der Waals surface area contributed by atoms with Crippen LogP contribution in [0.3, 0.4) is 0 Å². The summed E-state index contributed by atoms with van der Waals surface area (Å²) in [6.07, 6.45) is 1.17. The molecule has 0 saturated heterocycles. The zero-order valence-corrected chi connectivity index (χ0v) is 8.36. The van der Waals surface area contributed by atoms with Crippen molar-refractivity contribution in [1.82, 2.24) is 4.98 Å². The third kappa shape index (κ3) is 1.59. The molecule has 1 aromatic carbocycles. The Balaban J connectivity index is 2.85. The van der Waals surface area contributed by atoms with Crippen LogP contribution in [0, 0.1) is 5.82 Å². The molecule has 0 atom stereocenters. The van der Waals surface area contributed by atoms with Crippen LogP contribution < -0.4 is 0 Å². The molecule has 0 radical (unpaired) electrons. The van der Waals surface area contributed by atoms with Crippen LogP contribution in [0.15, 0.2) is 18.3 Å². The van der Waals surface area contributed by atoms with Crippen molar-refractivity contribution < 1.29 is 23.9 Å². The van der Waals surface area contributed by atoms with Crippen molar-refractivity contribution in [3.05, 3.63) is 35.3 Å². The first-order chi connectivity index (χ1) is 8.06. The highest BCUT2D eigenvalue weighted by molar-refractivity contribution is 6.36. The Morgan fingerprint density at radius 1 is 1.29 bits per heavy atom. The maximum Gasteiger partial charge on any atom is 0.337 e. The van der Waals surface area contributed by atoms with E-state index in [1.165, 1.54) is 0 Å². The second-order valence-corrected chi connectivity index (χ2v) is 3.33. The van der Waals surface area contributed by atoms with Crippen LogP contribution in [-0.2, 0) is 4.79 Å². The third-order valence-electron chi connectivity index (χ3n) is 2.39. The minimum absolute atomic E-state index is 0.0114. The normalized spacial score (nSPS) is 10.4. The third-order valence-corrected chi connectivity index (χ3v) is 2.39. The molecule has 17 heavy (non-hydrogen) atoms. The molecular weight excluding hydrogens is 229 g/mol. The zero-order chi connectivity index (χ0) is 12.6. The van der Waals surface area contributed by atoms with Gasteiger partial charge in [-0.05, 0) is 12.1 Å². The van der Waals surface area contributed by atoms with E-state index in [1.807, 2.05) is 0 Å². The molecule has 0 saturated carbocycles. The molecule has 2 N–H and O–H groups in total. The van der Waals surface area contributed by atoms with Gasteiger partial charge in [-0.15, -0.1) is 0 Å². The molecule has 1 heterocycles. The number of carboxylic acid groups (broad SMARTS) is 1. The highest BCUT2D eigenvalue weighted by Crippen LogP contribution is 2.25. The van der Waals surface area contributed by atoms with E-state index in [2.05, 4.69) is 4.98 Å². The van der Waals surface area contributed by atoms with Gasteiger partial charge in [0.1, 0.15) is 5.82 Å². The lowest BCUT2D eigenvalue weighted by Gasteiger charge is -1.99. The van der Waals surface area contributed by atoms with Crippen molar-refractivity contribution in [2.75, 3.05) is 0 Å². The summed E-state index contributed by atoms with van der Waals surface area (Å²) < 4.78 is 13.5. The minimum atomic E-state index is -1.25. The van der Waals surface area contributed by atoms with Crippen molar-refractivity contribution in [3.63, 3.8) is 0 Å². The standard InChI is InChI=1S/C11H6FNO4/c12-7-2-1-5(11(16)17)10-9(7)6(3-13-10)8(15)4-14/h1-4,13H,(H,16,17). The Morgan fingerprint density at radius 2 is 2.00 bits per heavy atom. The molecule has 1 aromatic heterocycles. The molecule has 6 heteroatoms. The smallest absolute Gasteiger partial charge is 0.337 e. The highest BCUT2D eigenvalue weighted by atomic mass is 19.1. The van der Waals surface area contributed by atoms with E-state index in [0.29, 0.717) is 0 Å². The first-order valence-electron chi connectivity index (χ1n) is 4.58. The molecule has 0 aliphatic carbocycles. The lowest BCUT2D eigenvalue weighted by Crippen LogP contribution is -2.01. The SMILES string of the molecule is O=CC(=O)c1c[nH]c2c(C(=O)O)ccc(F)c12. The number of carbonyl (C=O) groups excluding carboxylic acids is 2. The number of aldehydes is 1. The number of nitrogens with one attached hydrogen (secondary N) is 1. The number of H-pyrrole nitrogens is 1. The summed E-state index contributed by atoms with van der Waals surface area (Å²) in [5.41, 5.74) is -0.343. The van der Waals surface area contributed by atoms with Gasteiger partial charge in [0.15, 0.2) is 6.29 Å². The van der Waals surface area contributed by atoms with Gasteiger partial charge in [0, 0.05) is 11.6 Å². The van der Waals surface area contributed by atoms with Gasteiger partial charge in [-0.2, -0.15) is 0 Å². The van der Waals surface area contributed by atoms with E-state index in [4.69, 9.17) is 5.11 Å². The van der Waals surface area contributed by atoms with Crippen molar-refractivity contribution >= 4 is 28.9 Å². The van der Waals surface area contributed by atoms with Crippen molar-refractivity contribution in [1.29, 1.82) is 0 Å². The van der Waals surface area contributed by atoms with Gasteiger partial charge in [-0.1, -0.05) is 0 Å². The monoisotopic (exact) mass is 235 g/mol. The van der Waals surface area contributed by atoms with Crippen molar-refractivity contribution in [2.45, 2.75) is 0 Å². The second-order valence-electron chi connectivity index (χ2n) is 3.33. The second kappa shape index (κ2) is 3.82. The first-order valence-corrected chi connectivity index (χ1v) is 4.58. The van der Waals surface area contributed by atoms with E-state index in [0.717, 1.165) is 18.3 Å². The number of aromatic amines is 1. The Hall–Kier alpha value is -2.50. The lowest BCUT2D eigenvalue weighted by molar-refractivity contribution is -0.104. The number of rotatable bonds is 3. The van der Waals surface area contributed by atoms with Crippen LogP contribution in [0.25, 0.3) is 10.9 Å². The van der Waals surface area contributed by atoms with Gasteiger partial charge < -0.3 is 10.1 Å². The molecule has 0 amide bonds. The number of carboxylic acids is 1. The number of halogens is 1. The number of Topliss-reactive ketones (excluding diaryl/α,β-unsaturated/α-hetero) is 1. The molecule has 2 rings (SSSR count). The maximum absolute atomic E-state index is 13.5. The minimum Gasteiger partial charge on any atom is -0.478 e. The molecule has 2 aromatic rings. The Morgan fingerprint density at radius 3 is 2.59 bits per heavy atom. The summed E-state index contributed by atoms with van der Waals surface area (Å²) in [6.45, 7) is 0. The predicted molar refractivity (Wildman–Crippen MR) is 55.6 cm³/mol. The average molecular weight is 235 g/mol. The molecule has 0 unspecified atom stereocenters. The quantitative estimate of drug-likeness (QED) is 0.478. The van der Waals surface area contributed by atoms with Crippen LogP contribution in [0.2, 0.25) is 0 Å². The molecule has 0 aliphatic heterocycles. The number of hydrogen-bond acceptors (Lipinski definition) is 3. The number of aromatic nitrogens is 1. The van der Waals surface area contributed by atoms with E-state index in [1.54, 1.807) is 0 Å². The fourth-order valence-electron chi connectivity index (χ4n) is 1.64. The van der Waals surface area contributed by atoms with Gasteiger partial charge in [0.2, 0.25) is 5.78 Å². The van der Waals surface area contributed by atoms with Crippen LogP contribution >= 0.6 is 0 Å². The molecule has 86 valence electrons. The fourth-order valence-corrected chi connectivity index (χ4v) is 1.64. The zero-order valence-electron chi connectivity index (χ0n) is 8.36. The summed E-state index contributed by atoms with van der Waals surface area (Å²) >= 11 is 0. The van der Waals surface area contributed by atoms with Crippen LogP contribution in [0.1, 0.15) is 20.7 Å². The van der Waals surface area contributed by atoms with E-state index < -0.39 is 17.6 Å². The summed E-state index contributed by atoms with van der Waals surface area (Å²) in [5, 5.41) is 8.70. The maximum atomic E-state index is 13.5. The topological polar surface area (TPSA) is 87.2 Å². The van der Waals surface area contributed by atoms with Crippen molar-refractivity contribution in [3.8, 4) is 0 Å². The van der Waals surface area contributed by atoms with Gasteiger partial charge in [0.25, 0.3) is 0 Å². The fraction of sp³-hybridized carbons (Fsp3) is 0. The molecule has 0 aliphatic rings. The van der Waals surface area contributed by atoms with Gasteiger partial charge in [-0.25, -0.2) is 9.18 Å². The number of carbonyl (C=O) groups is 3. The summed E-state index contributed by atoms with van der Waals surface area (Å²) in [7, 11) is 0. The summed E-state index contributed by atoms with van der Waals surface area (Å²) in [5.74, 6) is -2.91. The molecule has 0 fully saturated rings. The molecule has 0 spiro atoms. The number of fused-ring (bicyclic) bond motifs is 1. The number of benzene rings is 1.